The van der Waals surface area contributed by atoms with E-state index in [4.69, 9.17) is 19.4 Å². The molecule has 1 saturated heterocycles. The summed E-state index contributed by atoms with van der Waals surface area (Å²) in [7, 11) is 1.63. The van der Waals surface area contributed by atoms with Crippen molar-refractivity contribution in [2.75, 3.05) is 25.6 Å². The van der Waals surface area contributed by atoms with Gasteiger partial charge < -0.3 is 14.8 Å². The number of hydrogen-bond acceptors (Lipinski definition) is 6. The summed E-state index contributed by atoms with van der Waals surface area (Å²) in [6, 6.07) is 1.98. The molecule has 6 heteroatoms. The Balaban J connectivity index is 0.00000117. The standard InChI is InChI=1S/C18H26N4O2.C2H6/c1-11(2)16-21-14-9-12(3)20-18(23-4)15(14)17(22-16)19-10-13-7-5-6-8-24-13;1-2/h9,11,13H,5-8,10H2,1-4H3,(H,19,21,22);1-2H3. The van der Waals surface area contributed by atoms with Crippen molar-refractivity contribution in [3.63, 3.8) is 0 Å². The third kappa shape index (κ3) is 4.81. The summed E-state index contributed by atoms with van der Waals surface area (Å²) >= 11 is 0. The van der Waals surface area contributed by atoms with Crippen molar-refractivity contribution in [3.8, 4) is 5.88 Å². The van der Waals surface area contributed by atoms with Crippen molar-refractivity contribution < 1.29 is 9.47 Å². The first kappa shape index (κ1) is 20.4. The minimum absolute atomic E-state index is 0.232. The third-order valence-corrected chi connectivity index (χ3v) is 4.27. The Morgan fingerprint density at radius 3 is 2.62 bits per heavy atom. The lowest BCUT2D eigenvalue weighted by molar-refractivity contribution is 0.0247. The van der Waals surface area contributed by atoms with Crippen LogP contribution >= 0.6 is 0 Å². The molecule has 1 aliphatic rings. The fourth-order valence-corrected chi connectivity index (χ4v) is 2.97. The topological polar surface area (TPSA) is 69.2 Å². The van der Waals surface area contributed by atoms with Gasteiger partial charge in [-0.25, -0.2) is 15.0 Å². The molecule has 3 heterocycles. The number of aryl methyl sites for hydroxylation is 1. The van der Waals surface area contributed by atoms with Gasteiger partial charge in [-0.1, -0.05) is 27.7 Å². The van der Waals surface area contributed by atoms with Crippen LogP contribution < -0.4 is 10.1 Å². The minimum Gasteiger partial charge on any atom is -0.480 e. The molecule has 1 aliphatic heterocycles. The molecule has 0 radical (unpaired) electrons. The summed E-state index contributed by atoms with van der Waals surface area (Å²) in [6.45, 7) is 11.7. The zero-order valence-electron chi connectivity index (χ0n) is 16.9. The van der Waals surface area contributed by atoms with Gasteiger partial charge >= 0.3 is 0 Å². The van der Waals surface area contributed by atoms with Crippen molar-refractivity contribution in [2.45, 2.75) is 65.9 Å². The largest absolute Gasteiger partial charge is 0.480 e. The molecule has 1 atom stereocenters. The molecule has 26 heavy (non-hydrogen) atoms. The molecule has 144 valence electrons. The molecule has 6 nitrogen and oxygen atoms in total. The predicted octanol–water partition coefficient (Wildman–Crippen LogP) is 4.47. The van der Waals surface area contributed by atoms with Crippen LogP contribution in [0.5, 0.6) is 5.88 Å². The van der Waals surface area contributed by atoms with E-state index in [-0.39, 0.29) is 12.0 Å². The highest BCUT2D eigenvalue weighted by atomic mass is 16.5. The lowest BCUT2D eigenvalue weighted by atomic mass is 10.1. The van der Waals surface area contributed by atoms with Crippen LogP contribution in [0.2, 0.25) is 0 Å². The summed E-state index contributed by atoms with van der Waals surface area (Å²) in [5.41, 5.74) is 1.75. The SMILES string of the molecule is CC.COc1nc(C)cc2nc(C(C)C)nc(NCC3CCCCO3)c12. The van der Waals surface area contributed by atoms with E-state index in [0.29, 0.717) is 5.88 Å². The van der Waals surface area contributed by atoms with Gasteiger partial charge in [0.15, 0.2) is 0 Å². The molecule has 0 aromatic carbocycles. The van der Waals surface area contributed by atoms with Crippen LogP contribution in [0.1, 0.15) is 64.4 Å². The van der Waals surface area contributed by atoms with E-state index in [1.807, 2.05) is 26.8 Å². The van der Waals surface area contributed by atoms with Crippen molar-refractivity contribution in [1.82, 2.24) is 15.0 Å². The second-order valence-corrected chi connectivity index (χ2v) is 6.62. The first-order valence-corrected chi connectivity index (χ1v) is 9.67. The van der Waals surface area contributed by atoms with Crippen molar-refractivity contribution >= 4 is 16.7 Å². The Hall–Kier alpha value is -1.95. The summed E-state index contributed by atoms with van der Waals surface area (Å²) in [6.07, 6.45) is 3.69. The van der Waals surface area contributed by atoms with Gasteiger partial charge in [-0.05, 0) is 32.3 Å². The van der Waals surface area contributed by atoms with E-state index in [2.05, 4.69) is 24.1 Å². The number of rotatable bonds is 5. The van der Waals surface area contributed by atoms with Gasteiger partial charge in [-0.15, -0.1) is 0 Å². The van der Waals surface area contributed by atoms with E-state index in [1.54, 1.807) is 7.11 Å². The third-order valence-electron chi connectivity index (χ3n) is 4.27. The maximum Gasteiger partial charge on any atom is 0.226 e. The Kier molecular flexibility index (Phi) is 7.57. The summed E-state index contributed by atoms with van der Waals surface area (Å²) in [4.78, 5) is 13.9. The quantitative estimate of drug-likeness (QED) is 0.848. The summed E-state index contributed by atoms with van der Waals surface area (Å²) < 4.78 is 11.3. The van der Waals surface area contributed by atoms with Crippen molar-refractivity contribution in [3.05, 3.63) is 17.6 Å². The normalized spacial score (nSPS) is 17.0. The second kappa shape index (κ2) is 9.67. The van der Waals surface area contributed by atoms with Gasteiger partial charge in [-0.3, -0.25) is 0 Å². The first-order chi connectivity index (χ1) is 12.6. The number of ether oxygens (including phenoxy) is 2. The molecule has 2 aromatic rings. The van der Waals surface area contributed by atoms with E-state index in [0.717, 1.165) is 54.2 Å². The fourth-order valence-electron chi connectivity index (χ4n) is 2.97. The van der Waals surface area contributed by atoms with E-state index >= 15 is 0 Å². The van der Waals surface area contributed by atoms with Gasteiger partial charge in [0, 0.05) is 24.8 Å². The van der Waals surface area contributed by atoms with Crippen molar-refractivity contribution in [1.29, 1.82) is 0 Å². The van der Waals surface area contributed by atoms with Crippen LogP contribution in [0.3, 0.4) is 0 Å². The van der Waals surface area contributed by atoms with Crippen LogP contribution in [0.15, 0.2) is 6.07 Å². The molecule has 0 spiro atoms. The summed E-state index contributed by atoms with van der Waals surface area (Å²) in [5, 5.41) is 4.29. The van der Waals surface area contributed by atoms with Gasteiger partial charge in [0.2, 0.25) is 5.88 Å². The number of fused-ring (bicyclic) bond motifs is 1. The molecular formula is C20H32N4O2. The number of nitrogens with zero attached hydrogens (tertiary/aromatic N) is 3. The highest BCUT2D eigenvalue weighted by Crippen LogP contribution is 2.31. The Morgan fingerprint density at radius 1 is 1.23 bits per heavy atom. The van der Waals surface area contributed by atoms with E-state index in [9.17, 15) is 0 Å². The van der Waals surface area contributed by atoms with Crippen LogP contribution in [0, 0.1) is 6.92 Å². The first-order valence-electron chi connectivity index (χ1n) is 9.67. The van der Waals surface area contributed by atoms with Gasteiger partial charge in [-0.2, -0.15) is 0 Å². The number of hydrogen-bond donors (Lipinski definition) is 1. The minimum atomic E-state index is 0.232. The summed E-state index contributed by atoms with van der Waals surface area (Å²) in [5.74, 6) is 2.41. The monoisotopic (exact) mass is 360 g/mol. The van der Waals surface area contributed by atoms with Crippen LogP contribution in [0.25, 0.3) is 10.9 Å². The lowest BCUT2D eigenvalue weighted by Crippen LogP contribution is -2.27. The van der Waals surface area contributed by atoms with Gasteiger partial charge in [0.05, 0.1) is 18.7 Å². The molecule has 0 saturated carbocycles. The predicted molar refractivity (Wildman–Crippen MR) is 106 cm³/mol. The molecule has 1 fully saturated rings. The Morgan fingerprint density at radius 2 is 2.00 bits per heavy atom. The average Bonchev–Trinajstić information content (AvgIpc) is 2.67. The number of methoxy groups -OCH3 is 1. The lowest BCUT2D eigenvalue weighted by Gasteiger charge is -2.23. The Bertz CT molecular complexity index is 713. The maximum atomic E-state index is 5.81. The van der Waals surface area contributed by atoms with E-state index in [1.165, 1.54) is 6.42 Å². The van der Waals surface area contributed by atoms with Crippen molar-refractivity contribution in [2.24, 2.45) is 0 Å². The smallest absolute Gasteiger partial charge is 0.226 e. The molecular weight excluding hydrogens is 328 g/mol. The molecule has 2 aromatic heterocycles. The molecule has 0 bridgehead atoms. The zero-order chi connectivity index (χ0) is 19.1. The molecule has 0 aliphatic carbocycles. The maximum absolute atomic E-state index is 5.81. The second-order valence-electron chi connectivity index (χ2n) is 6.62. The molecule has 1 N–H and O–H groups in total. The van der Waals surface area contributed by atoms with Gasteiger partial charge in [0.25, 0.3) is 0 Å². The van der Waals surface area contributed by atoms with Crippen LogP contribution in [-0.4, -0.2) is 41.3 Å². The van der Waals surface area contributed by atoms with Crippen LogP contribution in [-0.2, 0) is 4.74 Å². The van der Waals surface area contributed by atoms with Crippen LogP contribution in [0.4, 0.5) is 5.82 Å². The molecule has 1 unspecified atom stereocenters. The molecule has 0 amide bonds. The average molecular weight is 361 g/mol. The number of pyridine rings is 1. The Labute approximate surface area is 156 Å². The zero-order valence-corrected chi connectivity index (χ0v) is 16.9. The fraction of sp³-hybridized carbons (Fsp3) is 0.650. The van der Waals surface area contributed by atoms with Gasteiger partial charge in [0.1, 0.15) is 17.0 Å². The highest BCUT2D eigenvalue weighted by molar-refractivity contribution is 5.93. The van der Waals surface area contributed by atoms with E-state index < -0.39 is 0 Å². The molecule has 3 rings (SSSR count). The number of anilines is 1. The number of nitrogens with one attached hydrogen (secondary N) is 1. The highest BCUT2D eigenvalue weighted by Gasteiger charge is 2.18. The number of aromatic nitrogens is 3.